The van der Waals surface area contributed by atoms with Gasteiger partial charge < -0.3 is 9.84 Å². The third-order valence-corrected chi connectivity index (χ3v) is 4.42. The number of esters is 1. The Morgan fingerprint density at radius 3 is 2.81 bits per heavy atom. The number of carbonyl (C=O) groups excluding carboxylic acids is 2. The van der Waals surface area contributed by atoms with Gasteiger partial charge in [0.25, 0.3) is 0 Å². The molecule has 16 heavy (non-hydrogen) atoms. The first-order valence-electron chi connectivity index (χ1n) is 5.79. The maximum atomic E-state index is 12.0. The molecule has 0 spiro atoms. The van der Waals surface area contributed by atoms with Crippen molar-refractivity contribution in [1.82, 2.24) is 0 Å². The lowest BCUT2D eigenvalue weighted by molar-refractivity contribution is -0.174. The minimum Gasteiger partial charge on any atom is -0.468 e. The van der Waals surface area contributed by atoms with Gasteiger partial charge in [0, 0.05) is 12.3 Å². The van der Waals surface area contributed by atoms with Crippen LogP contribution in [-0.4, -0.2) is 29.6 Å². The van der Waals surface area contributed by atoms with Crippen LogP contribution in [0.1, 0.15) is 39.0 Å². The van der Waals surface area contributed by atoms with Crippen molar-refractivity contribution in [3.05, 3.63) is 0 Å². The van der Waals surface area contributed by atoms with E-state index in [2.05, 4.69) is 0 Å². The molecule has 1 N–H and O–H groups in total. The quantitative estimate of drug-likeness (QED) is 0.536. The van der Waals surface area contributed by atoms with Crippen molar-refractivity contribution in [2.45, 2.75) is 44.6 Å². The molecule has 2 fully saturated rings. The molecule has 2 rings (SSSR count). The summed E-state index contributed by atoms with van der Waals surface area (Å²) in [6, 6.07) is 0. The number of ketones is 1. The Bertz CT molecular complexity index is 328. The molecule has 2 saturated carbocycles. The standard InChI is InChI=1S/C12H18O4/c1-11(10(14)16-2)8-4-3-6-12(8,15)7-5-9(11)13/h8,15H,3-7H2,1-2H3/t8-,11+,12+/m1/s1. The summed E-state index contributed by atoms with van der Waals surface area (Å²) in [5, 5.41) is 10.4. The van der Waals surface area contributed by atoms with E-state index in [9.17, 15) is 14.7 Å². The first-order valence-corrected chi connectivity index (χ1v) is 5.79. The van der Waals surface area contributed by atoms with Crippen molar-refractivity contribution in [1.29, 1.82) is 0 Å². The SMILES string of the molecule is COC(=O)[C@]1(C)C(=O)CC[C@@]2(O)CCC[C@@H]21. The number of hydrogen-bond donors (Lipinski definition) is 1. The zero-order valence-electron chi connectivity index (χ0n) is 9.78. The number of ether oxygens (including phenoxy) is 1. The van der Waals surface area contributed by atoms with E-state index >= 15 is 0 Å². The van der Waals surface area contributed by atoms with Gasteiger partial charge in [0.1, 0.15) is 11.2 Å². The molecule has 0 aliphatic heterocycles. The van der Waals surface area contributed by atoms with Crippen molar-refractivity contribution >= 4 is 11.8 Å². The highest BCUT2D eigenvalue weighted by Crippen LogP contribution is 2.53. The number of methoxy groups -OCH3 is 1. The Balaban J connectivity index is 2.40. The van der Waals surface area contributed by atoms with E-state index in [-0.39, 0.29) is 18.1 Å². The van der Waals surface area contributed by atoms with Crippen molar-refractivity contribution < 1.29 is 19.4 Å². The molecular weight excluding hydrogens is 208 g/mol. The van der Waals surface area contributed by atoms with Crippen LogP contribution in [0.4, 0.5) is 0 Å². The second-order valence-corrected chi connectivity index (χ2v) is 5.17. The van der Waals surface area contributed by atoms with Gasteiger partial charge in [-0.05, 0) is 26.2 Å². The van der Waals surface area contributed by atoms with Crippen LogP contribution in [0.25, 0.3) is 0 Å². The van der Waals surface area contributed by atoms with E-state index in [1.807, 2.05) is 0 Å². The van der Waals surface area contributed by atoms with Crippen LogP contribution in [0.2, 0.25) is 0 Å². The first-order chi connectivity index (χ1) is 7.45. The molecule has 4 heteroatoms. The molecule has 90 valence electrons. The topological polar surface area (TPSA) is 63.6 Å². The summed E-state index contributed by atoms with van der Waals surface area (Å²) >= 11 is 0. The average molecular weight is 226 g/mol. The summed E-state index contributed by atoms with van der Waals surface area (Å²) in [6.07, 6.45) is 3.06. The molecule has 0 aromatic heterocycles. The van der Waals surface area contributed by atoms with E-state index in [4.69, 9.17) is 4.74 Å². The van der Waals surface area contributed by atoms with Crippen LogP contribution in [-0.2, 0) is 14.3 Å². The first kappa shape index (κ1) is 11.6. The van der Waals surface area contributed by atoms with Gasteiger partial charge in [0.15, 0.2) is 0 Å². The fourth-order valence-electron chi connectivity index (χ4n) is 3.43. The minimum absolute atomic E-state index is 0.0871. The summed E-state index contributed by atoms with van der Waals surface area (Å²) in [7, 11) is 1.30. The fourth-order valence-corrected chi connectivity index (χ4v) is 3.43. The molecule has 3 atom stereocenters. The summed E-state index contributed by atoms with van der Waals surface area (Å²) in [5.74, 6) is -0.854. The molecule has 2 aliphatic rings. The summed E-state index contributed by atoms with van der Waals surface area (Å²) in [6.45, 7) is 1.63. The number of rotatable bonds is 1. The summed E-state index contributed by atoms with van der Waals surface area (Å²) in [4.78, 5) is 23.8. The van der Waals surface area contributed by atoms with Crippen LogP contribution in [0.5, 0.6) is 0 Å². The molecular formula is C12H18O4. The highest BCUT2D eigenvalue weighted by molar-refractivity contribution is 6.04. The van der Waals surface area contributed by atoms with Crippen molar-refractivity contribution in [2.75, 3.05) is 7.11 Å². The Hall–Kier alpha value is -0.900. The lowest BCUT2D eigenvalue weighted by atomic mass is 9.61. The van der Waals surface area contributed by atoms with Gasteiger partial charge in [0.05, 0.1) is 12.7 Å². The summed E-state index contributed by atoms with van der Waals surface area (Å²) < 4.78 is 4.75. The third kappa shape index (κ3) is 1.32. The van der Waals surface area contributed by atoms with Crippen molar-refractivity contribution in [3.63, 3.8) is 0 Å². The van der Waals surface area contributed by atoms with E-state index in [1.54, 1.807) is 6.92 Å². The van der Waals surface area contributed by atoms with Crippen LogP contribution in [0.15, 0.2) is 0 Å². The number of fused-ring (bicyclic) bond motifs is 1. The predicted molar refractivity (Wildman–Crippen MR) is 56.7 cm³/mol. The molecule has 0 saturated heterocycles. The van der Waals surface area contributed by atoms with E-state index in [0.29, 0.717) is 12.8 Å². The predicted octanol–water partition coefficient (Wildman–Crippen LogP) is 1.06. The maximum Gasteiger partial charge on any atom is 0.319 e. The van der Waals surface area contributed by atoms with Crippen LogP contribution < -0.4 is 0 Å². The number of aliphatic hydroxyl groups is 1. The number of carbonyl (C=O) groups is 2. The molecule has 0 aromatic carbocycles. The van der Waals surface area contributed by atoms with E-state index < -0.39 is 17.0 Å². The smallest absolute Gasteiger partial charge is 0.319 e. The molecule has 2 aliphatic carbocycles. The molecule has 0 heterocycles. The zero-order chi connectivity index (χ0) is 12.0. The number of hydrogen-bond acceptors (Lipinski definition) is 4. The van der Waals surface area contributed by atoms with Crippen LogP contribution in [0, 0.1) is 11.3 Å². The third-order valence-electron chi connectivity index (χ3n) is 4.42. The largest absolute Gasteiger partial charge is 0.468 e. The van der Waals surface area contributed by atoms with Gasteiger partial charge in [-0.25, -0.2) is 0 Å². The maximum absolute atomic E-state index is 12.0. The second kappa shape index (κ2) is 3.55. The zero-order valence-corrected chi connectivity index (χ0v) is 9.78. The van der Waals surface area contributed by atoms with Gasteiger partial charge in [-0.2, -0.15) is 0 Å². The normalized spacial score (nSPS) is 42.9. The highest BCUT2D eigenvalue weighted by Gasteiger charge is 2.61. The molecule has 0 aromatic rings. The monoisotopic (exact) mass is 226 g/mol. The van der Waals surface area contributed by atoms with Crippen LogP contribution in [0.3, 0.4) is 0 Å². The van der Waals surface area contributed by atoms with Gasteiger partial charge in [-0.15, -0.1) is 0 Å². The minimum atomic E-state index is -1.14. The summed E-state index contributed by atoms with van der Waals surface area (Å²) in [5.41, 5.74) is -1.98. The van der Waals surface area contributed by atoms with E-state index in [1.165, 1.54) is 7.11 Å². The second-order valence-electron chi connectivity index (χ2n) is 5.17. The Kier molecular flexibility index (Phi) is 2.57. The Morgan fingerprint density at radius 1 is 1.50 bits per heavy atom. The molecule has 0 unspecified atom stereocenters. The van der Waals surface area contributed by atoms with Crippen molar-refractivity contribution in [2.24, 2.45) is 11.3 Å². The highest BCUT2D eigenvalue weighted by atomic mass is 16.5. The lowest BCUT2D eigenvalue weighted by Crippen LogP contribution is -2.55. The Morgan fingerprint density at radius 2 is 2.19 bits per heavy atom. The van der Waals surface area contributed by atoms with Gasteiger partial charge in [-0.3, -0.25) is 9.59 Å². The molecule has 4 nitrogen and oxygen atoms in total. The average Bonchev–Trinajstić information content (AvgIpc) is 2.66. The number of Topliss-reactive ketones (excluding diaryl/α,β-unsaturated/α-hetero) is 1. The van der Waals surface area contributed by atoms with E-state index in [0.717, 1.165) is 12.8 Å². The van der Waals surface area contributed by atoms with Crippen LogP contribution >= 0.6 is 0 Å². The molecule has 0 radical (unpaired) electrons. The lowest BCUT2D eigenvalue weighted by Gasteiger charge is -2.44. The molecule has 0 bridgehead atoms. The van der Waals surface area contributed by atoms with Gasteiger partial charge in [-0.1, -0.05) is 6.42 Å². The molecule has 0 amide bonds. The van der Waals surface area contributed by atoms with Crippen molar-refractivity contribution in [3.8, 4) is 0 Å². The Labute approximate surface area is 95.0 Å². The fraction of sp³-hybridized carbons (Fsp3) is 0.833. The van der Waals surface area contributed by atoms with Gasteiger partial charge in [0.2, 0.25) is 0 Å². The van der Waals surface area contributed by atoms with Gasteiger partial charge >= 0.3 is 5.97 Å².